The van der Waals surface area contributed by atoms with Gasteiger partial charge >= 0.3 is 0 Å². The van der Waals surface area contributed by atoms with Gasteiger partial charge in [-0.25, -0.2) is 4.99 Å². The average Bonchev–Trinajstić information content (AvgIpc) is 2.84. The molecule has 0 radical (unpaired) electrons. The predicted octanol–water partition coefficient (Wildman–Crippen LogP) is 1.90. The Morgan fingerprint density at radius 1 is 1.15 bits per heavy atom. The third-order valence-corrected chi connectivity index (χ3v) is 4.46. The van der Waals surface area contributed by atoms with Crippen LogP contribution in [-0.4, -0.2) is 22.9 Å². The molecule has 4 N–H and O–H groups in total. The number of rotatable bonds is 1. The standard InChI is InChI=1S/C16H24N4/c1-11-2-3-12-9-20(10-13(12)8-11)16(18)19-15-6-4-14(17)5-7-15/h2-3,8,14-15H,4-7,9-10,17H2,1H3,(H2,18,19). The van der Waals surface area contributed by atoms with Crippen LogP contribution in [0.3, 0.4) is 0 Å². The zero-order chi connectivity index (χ0) is 14.1. The van der Waals surface area contributed by atoms with Crippen LogP contribution in [0.5, 0.6) is 0 Å². The van der Waals surface area contributed by atoms with Gasteiger partial charge in [0.25, 0.3) is 0 Å². The summed E-state index contributed by atoms with van der Waals surface area (Å²) in [5.41, 5.74) is 16.2. The van der Waals surface area contributed by atoms with E-state index in [0.717, 1.165) is 38.8 Å². The van der Waals surface area contributed by atoms with Gasteiger partial charge in [0.2, 0.25) is 0 Å². The minimum absolute atomic E-state index is 0.361. The largest absolute Gasteiger partial charge is 0.370 e. The maximum atomic E-state index is 6.21. The summed E-state index contributed by atoms with van der Waals surface area (Å²) in [5, 5.41) is 0. The van der Waals surface area contributed by atoms with Gasteiger partial charge < -0.3 is 16.4 Å². The fourth-order valence-corrected chi connectivity index (χ4v) is 3.18. The number of hydrogen-bond donors (Lipinski definition) is 2. The number of fused-ring (bicyclic) bond motifs is 1. The summed E-state index contributed by atoms with van der Waals surface area (Å²) in [4.78, 5) is 6.90. The second-order valence-corrected chi connectivity index (χ2v) is 6.18. The molecule has 0 atom stereocenters. The molecular weight excluding hydrogens is 248 g/mol. The number of nitrogens with zero attached hydrogens (tertiary/aromatic N) is 2. The maximum absolute atomic E-state index is 6.21. The van der Waals surface area contributed by atoms with Crippen molar-refractivity contribution < 1.29 is 0 Å². The molecule has 0 bridgehead atoms. The fraction of sp³-hybridized carbons (Fsp3) is 0.562. The Morgan fingerprint density at radius 2 is 1.85 bits per heavy atom. The average molecular weight is 272 g/mol. The van der Waals surface area contributed by atoms with Crippen LogP contribution in [0.4, 0.5) is 0 Å². The second kappa shape index (κ2) is 5.44. The molecule has 1 aromatic rings. The number of hydrogen-bond acceptors (Lipinski definition) is 2. The van der Waals surface area contributed by atoms with E-state index < -0.39 is 0 Å². The molecule has 20 heavy (non-hydrogen) atoms. The summed E-state index contributed by atoms with van der Waals surface area (Å²) >= 11 is 0. The Bertz CT molecular complexity index is 515. The first kappa shape index (κ1) is 13.4. The van der Waals surface area contributed by atoms with Gasteiger partial charge in [-0.15, -0.1) is 0 Å². The van der Waals surface area contributed by atoms with Crippen LogP contribution in [-0.2, 0) is 13.1 Å². The summed E-state index contributed by atoms with van der Waals surface area (Å²) in [6.45, 7) is 3.90. The summed E-state index contributed by atoms with van der Waals surface area (Å²) in [6, 6.07) is 7.35. The third kappa shape index (κ3) is 2.80. The molecule has 0 amide bonds. The molecule has 1 aliphatic carbocycles. The van der Waals surface area contributed by atoms with Crippen molar-refractivity contribution in [2.24, 2.45) is 16.5 Å². The van der Waals surface area contributed by atoms with Crippen molar-refractivity contribution in [3.05, 3.63) is 34.9 Å². The van der Waals surface area contributed by atoms with Crippen molar-refractivity contribution >= 4 is 5.96 Å². The van der Waals surface area contributed by atoms with E-state index in [4.69, 9.17) is 16.5 Å². The third-order valence-electron chi connectivity index (χ3n) is 4.46. The van der Waals surface area contributed by atoms with Gasteiger partial charge in [-0.3, -0.25) is 0 Å². The van der Waals surface area contributed by atoms with Crippen molar-refractivity contribution in [1.82, 2.24) is 4.90 Å². The molecule has 3 rings (SSSR count). The minimum atomic E-state index is 0.361. The van der Waals surface area contributed by atoms with Crippen LogP contribution in [0.25, 0.3) is 0 Å². The van der Waals surface area contributed by atoms with Crippen molar-refractivity contribution in [3.63, 3.8) is 0 Å². The van der Waals surface area contributed by atoms with Gasteiger partial charge in [0, 0.05) is 19.1 Å². The number of aryl methyl sites for hydroxylation is 1. The predicted molar refractivity (Wildman–Crippen MR) is 82.3 cm³/mol. The Hall–Kier alpha value is -1.55. The van der Waals surface area contributed by atoms with Crippen molar-refractivity contribution in [2.75, 3.05) is 0 Å². The smallest absolute Gasteiger partial charge is 0.192 e. The first-order valence-electron chi connectivity index (χ1n) is 7.54. The van der Waals surface area contributed by atoms with Crippen LogP contribution < -0.4 is 11.5 Å². The van der Waals surface area contributed by atoms with E-state index in [0.29, 0.717) is 18.0 Å². The highest BCUT2D eigenvalue weighted by atomic mass is 15.3. The topological polar surface area (TPSA) is 67.6 Å². The maximum Gasteiger partial charge on any atom is 0.192 e. The van der Waals surface area contributed by atoms with Gasteiger partial charge in [-0.2, -0.15) is 0 Å². The highest BCUT2D eigenvalue weighted by molar-refractivity contribution is 5.79. The van der Waals surface area contributed by atoms with Crippen LogP contribution in [0, 0.1) is 6.92 Å². The second-order valence-electron chi connectivity index (χ2n) is 6.18. The van der Waals surface area contributed by atoms with E-state index in [1.807, 2.05) is 0 Å². The first-order valence-corrected chi connectivity index (χ1v) is 7.54. The normalized spacial score (nSPS) is 26.7. The summed E-state index contributed by atoms with van der Waals surface area (Å²) < 4.78 is 0. The van der Waals surface area contributed by atoms with Gasteiger partial charge in [-0.1, -0.05) is 23.8 Å². The minimum Gasteiger partial charge on any atom is -0.370 e. The first-order chi connectivity index (χ1) is 9.61. The molecule has 1 aliphatic heterocycles. The highest BCUT2D eigenvalue weighted by Crippen LogP contribution is 2.25. The quantitative estimate of drug-likeness (QED) is 0.606. The summed E-state index contributed by atoms with van der Waals surface area (Å²) in [5.74, 6) is 0.694. The Balaban J connectivity index is 1.66. The van der Waals surface area contributed by atoms with Crippen LogP contribution in [0.1, 0.15) is 42.4 Å². The monoisotopic (exact) mass is 272 g/mol. The molecule has 4 heteroatoms. The Labute approximate surface area is 120 Å². The molecule has 0 unspecified atom stereocenters. The van der Waals surface area contributed by atoms with Crippen LogP contribution in [0.2, 0.25) is 0 Å². The van der Waals surface area contributed by atoms with Crippen LogP contribution in [0.15, 0.2) is 23.2 Å². The fourth-order valence-electron chi connectivity index (χ4n) is 3.18. The van der Waals surface area contributed by atoms with E-state index >= 15 is 0 Å². The number of guanidine groups is 1. The zero-order valence-corrected chi connectivity index (χ0v) is 12.2. The van der Waals surface area contributed by atoms with Crippen molar-refractivity contribution in [1.29, 1.82) is 0 Å². The van der Waals surface area contributed by atoms with Crippen molar-refractivity contribution in [3.8, 4) is 0 Å². The molecule has 1 aromatic carbocycles. The SMILES string of the molecule is Cc1ccc2c(c1)CN(C(N)=NC1CCC(N)CC1)C2. The molecule has 4 nitrogen and oxygen atoms in total. The van der Waals surface area contributed by atoms with Gasteiger partial charge in [-0.05, 0) is 43.7 Å². The Kier molecular flexibility index (Phi) is 3.66. The number of nitrogens with two attached hydrogens (primary N) is 2. The molecule has 1 heterocycles. The van der Waals surface area contributed by atoms with Gasteiger partial charge in [0.1, 0.15) is 0 Å². The molecule has 1 fully saturated rings. The molecule has 1 saturated carbocycles. The van der Waals surface area contributed by atoms with E-state index in [9.17, 15) is 0 Å². The van der Waals surface area contributed by atoms with E-state index in [2.05, 4.69) is 30.0 Å². The van der Waals surface area contributed by atoms with Crippen molar-refractivity contribution in [2.45, 2.75) is 57.8 Å². The molecule has 0 saturated heterocycles. The lowest BCUT2D eigenvalue weighted by Gasteiger charge is -2.25. The van der Waals surface area contributed by atoms with Crippen LogP contribution >= 0.6 is 0 Å². The molecule has 0 spiro atoms. The molecular formula is C16H24N4. The van der Waals surface area contributed by atoms with E-state index in [-0.39, 0.29) is 0 Å². The van der Waals surface area contributed by atoms with E-state index in [1.165, 1.54) is 16.7 Å². The number of aliphatic imine (C=N–C) groups is 1. The lowest BCUT2D eigenvalue weighted by Crippen LogP contribution is -2.36. The summed E-state index contributed by atoms with van der Waals surface area (Å²) in [7, 11) is 0. The zero-order valence-electron chi connectivity index (χ0n) is 12.2. The van der Waals surface area contributed by atoms with Gasteiger partial charge in [0.05, 0.1) is 6.04 Å². The number of benzene rings is 1. The lowest BCUT2D eigenvalue weighted by molar-refractivity contribution is 0.383. The Morgan fingerprint density at radius 3 is 2.60 bits per heavy atom. The molecule has 2 aliphatic rings. The molecule has 0 aromatic heterocycles. The highest BCUT2D eigenvalue weighted by Gasteiger charge is 2.23. The summed E-state index contributed by atoms with van der Waals surface area (Å²) in [6.07, 6.45) is 4.28. The van der Waals surface area contributed by atoms with Gasteiger partial charge in [0.15, 0.2) is 5.96 Å². The van der Waals surface area contributed by atoms with E-state index in [1.54, 1.807) is 0 Å². The molecule has 108 valence electrons. The lowest BCUT2D eigenvalue weighted by atomic mass is 9.92.